The number of aromatic amines is 1. The summed E-state index contributed by atoms with van der Waals surface area (Å²) in [6, 6.07) is 8.09. The normalized spacial score (nSPS) is 15.8. The van der Waals surface area contributed by atoms with E-state index in [1.165, 1.54) is 6.20 Å². The fourth-order valence-electron chi connectivity index (χ4n) is 3.09. The van der Waals surface area contributed by atoms with E-state index in [0.717, 1.165) is 42.5 Å². The van der Waals surface area contributed by atoms with Gasteiger partial charge in [0.15, 0.2) is 0 Å². The summed E-state index contributed by atoms with van der Waals surface area (Å²) >= 11 is 0. The molecule has 2 aromatic heterocycles. The van der Waals surface area contributed by atoms with Crippen LogP contribution in [-0.4, -0.2) is 39.0 Å². The number of aromatic nitrogens is 4. The van der Waals surface area contributed by atoms with Crippen molar-refractivity contribution in [3.8, 4) is 0 Å². The molecule has 1 saturated heterocycles. The van der Waals surface area contributed by atoms with Crippen molar-refractivity contribution in [2.45, 2.75) is 18.9 Å². The lowest BCUT2D eigenvalue weighted by molar-refractivity contribution is 0.101. The molecule has 7 nitrogen and oxygen atoms in total. The van der Waals surface area contributed by atoms with Crippen LogP contribution in [0.25, 0.3) is 10.9 Å². The van der Waals surface area contributed by atoms with Gasteiger partial charge in [-0.2, -0.15) is 0 Å². The molecule has 0 aliphatic carbocycles. The van der Waals surface area contributed by atoms with Crippen molar-refractivity contribution in [2.24, 2.45) is 0 Å². The predicted octanol–water partition coefficient (Wildman–Crippen LogP) is 1.94. The van der Waals surface area contributed by atoms with Gasteiger partial charge in [-0.15, -0.1) is 5.10 Å². The second-order valence-electron chi connectivity index (χ2n) is 5.75. The van der Waals surface area contributed by atoms with Crippen LogP contribution in [0.15, 0.2) is 36.7 Å². The van der Waals surface area contributed by atoms with Gasteiger partial charge < -0.3 is 15.6 Å². The summed E-state index contributed by atoms with van der Waals surface area (Å²) in [5, 5.41) is 15.3. The molecule has 3 N–H and O–H groups in total. The third-order valence-electron chi connectivity index (χ3n) is 4.30. The fourth-order valence-corrected chi connectivity index (χ4v) is 3.09. The first-order chi connectivity index (χ1) is 11.3. The summed E-state index contributed by atoms with van der Waals surface area (Å²) in [4.78, 5) is 15.8. The summed E-state index contributed by atoms with van der Waals surface area (Å²) < 4.78 is 1.75. The van der Waals surface area contributed by atoms with Crippen molar-refractivity contribution >= 4 is 22.5 Å². The number of piperidine rings is 1. The highest BCUT2D eigenvalue weighted by molar-refractivity contribution is 6.08. The lowest BCUT2D eigenvalue weighted by Crippen LogP contribution is -2.31. The molecule has 0 atom stereocenters. The molecule has 1 amide bonds. The SMILES string of the molecule is O=C(Nc1c[nH]c2ccccc12)c1cnnn1C1CCNCC1. The van der Waals surface area contributed by atoms with Gasteiger partial charge in [0.25, 0.3) is 5.91 Å². The van der Waals surface area contributed by atoms with Gasteiger partial charge >= 0.3 is 0 Å². The largest absolute Gasteiger partial charge is 0.359 e. The van der Waals surface area contributed by atoms with Crippen LogP contribution in [0.3, 0.4) is 0 Å². The summed E-state index contributed by atoms with van der Waals surface area (Å²) in [6.07, 6.45) is 5.25. The van der Waals surface area contributed by atoms with Gasteiger partial charge in [-0.1, -0.05) is 23.4 Å². The molecular formula is C16H18N6O. The maximum Gasteiger partial charge on any atom is 0.275 e. The molecular weight excluding hydrogens is 292 g/mol. The lowest BCUT2D eigenvalue weighted by atomic mass is 10.1. The van der Waals surface area contributed by atoms with E-state index in [1.54, 1.807) is 10.9 Å². The highest BCUT2D eigenvalue weighted by Crippen LogP contribution is 2.24. The molecule has 1 aromatic carbocycles. The Bertz CT molecular complexity index is 830. The van der Waals surface area contributed by atoms with Crippen molar-refractivity contribution < 1.29 is 4.79 Å². The van der Waals surface area contributed by atoms with E-state index in [2.05, 4.69) is 25.9 Å². The maximum absolute atomic E-state index is 12.6. The van der Waals surface area contributed by atoms with Crippen LogP contribution in [-0.2, 0) is 0 Å². The van der Waals surface area contributed by atoms with Gasteiger partial charge in [0.05, 0.1) is 17.9 Å². The van der Waals surface area contributed by atoms with Gasteiger partial charge in [-0.05, 0) is 32.0 Å². The van der Waals surface area contributed by atoms with Gasteiger partial charge in [0, 0.05) is 17.1 Å². The van der Waals surface area contributed by atoms with E-state index in [1.807, 2.05) is 24.3 Å². The van der Waals surface area contributed by atoms with E-state index in [0.29, 0.717) is 5.69 Å². The molecule has 0 radical (unpaired) electrons. The van der Waals surface area contributed by atoms with E-state index in [4.69, 9.17) is 0 Å². The average Bonchev–Trinajstić information content (AvgIpc) is 3.23. The monoisotopic (exact) mass is 310 g/mol. The molecule has 1 fully saturated rings. The lowest BCUT2D eigenvalue weighted by Gasteiger charge is -2.23. The van der Waals surface area contributed by atoms with Crippen molar-refractivity contribution in [2.75, 3.05) is 18.4 Å². The molecule has 0 unspecified atom stereocenters. The van der Waals surface area contributed by atoms with Crippen LogP contribution < -0.4 is 10.6 Å². The second kappa shape index (κ2) is 5.85. The second-order valence-corrected chi connectivity index (χ2v) is 5.75. The zero-order valence-electron chi connectivity index (χ0n) is 12.6. The Morgan fingerprint density at radius 2 is 2.09 bits per heavy atom. The van der Waals surface area contributed by atoms with E-state index >= 15 is 0 Å². The minimum absolute atomic E-state index is 0.182. The quantitative estimate of drug-likeness (QED) is 0.690. The first-order valence-electron chi connectivity index (χ1n) is 7.81. The zero-order valence-corrected chi connectivity index (χ0v) is 12.6. The number of fused-ring (bicyclic) bond motifs is 1. The highest BCUT2D eigenvalue weighted by atomic mass is 16.2. The van der Waals surface area contributed by atoms with Crippen LogP contribution in [0.4, 0.5) is 5.69 Å². The number of H-pyrrole nitrogens is 1. The molecule has 118 valence electrons. The van der Waals surface area contributed by atoms with Crippen molar-refractivity contribution in [1.82, 2.24) is 25.3 Å². The van der Waals surface area contributed by atoms with Gasteiger partial charge in [-0.25, -0.2) is 4.68 Å². The number of hydrogen-bond donors (Lipinski definition) is 3. The molecule has 0 saturated carbocycles. The van der Waals surface area contributed by atoms with Crippen molar-refractivity contribution in [1.29, 1.82) is 0 Å². The highest BCUT2D eigenvalue weighted by Gasteiger charge is 2.22. The summed E-state index contributed by atoms with van der Waals surface area (Å²) in [7, 11) is 0. The van der Waals surface area contributed by atoms with Crippen molar-refractivity contribution in [3.05, 3.63) is 42.4 Å². The Morgan fingerprint density at radius 3 is 2.96 bits per heavy atom. The van der Waals surface area contributed by atoms with Crippen molar-refractivity contribution in [3.63, 3.8) is 0 Å². The number of nitrogens with zero attached hydrogens (tertiary/aromatic N) is 3. The Hall–Kier alpha value is -2.67. The Kier molecular flexibility index (Phi) is 3.55. The van der Waals surface area contributed by atoms with Crippen LogP contribution >= 0.6 is 0 Å². The maximum atomic E-state index is 12.6. The predicted molar refractivity (Wildman–Crippen MR) is 87.4 cm³/mol. The number of hydrogen-bond acceptors (Lipinski definition) is 4. The molecule has 3 heterocycles. The standard InChI is InChI=1S/C16H18N6O/c23-16(20-14-9-18-13-4-2-1-3-12(13)14)15-10-19-21-22(15)11-5-7-17-8-6-11/h1-4,9-11,17-18H,5-8H2,(H,20,23). The molecule has 1 aliphatic rings. The molecule has 0 spiro atoms. The number of nitrogens with one attached hydrogen (secondary N) is 3. The first-order valence-corrected chi connectivity index (χ1v) is 7.81. The number of amides is 1. The number of rotatable bonds is 3. The molecule has 0 bridgehead atoms. The van der Waals surface area contributed by atoms with Crippen LogP contribution in [0.1, 0.15) is 29.4 Å². The van der Waals surface area contributed by atoms with Crippen LogP contribution in [0.2, 0.25) is 0 Å². The van der Waals surface area contributed by atoms with Gasteiger partial charge in [0.1, 0.15) is 5.69 Å². The number of para-hydroxylation sites is 1. The van der Waals surface area contributed by atoms with Gasteiger partial charge in [-0.3, -0.25) is 4.79 Å². The van der Waals surface area contributed by atoms with E-state index < -0.39 is 0 Å². The fraction of sp³-hybridized carbons (Fsp3) is 0.312. The smallest absolute Gasteiger partial charge is 0.275 e. The first kappa shape index (κ1) is 14.0. The third-order valence-corrected chi connectivity index (χ3v) is 4.30. The van der Waals surface area contributed by atoms with Crippen LogP contribution in [0, 0.1) is 0 Å². The summed E-state index contributed by atoms with van der Waals surface area (Å²) in [5.74, 6) is -0.182. The Balaban J connectivity index is 1.59. The Labute approximate surface area is 133 Å². The summed E-state index contributed by atoms with van der Waals surface area (Å²) in [5.41, 5.74) is 2.26. The Morgan fingerprint density at radius 1 is 1.26 bits per heavy atom. The molecule has 7 heteroatoms. The number of benzene rings is 1. The molecule has 3 aromatic rings. The number of carbonyl (C=O) groups is 1. The average molecular weight is 310 g/mol. The van der Waals surface area contributed by atoms with Gasteiger partial charge in [0.2, 0.25) is 0 Å². The van der Waals surface area contributed by atoms with Crippen LogP contribution in [0.5, 0.6) is 0 Å². The molecule has 4 rings (SSSR count). The minimum atomic E-state index is -0.182. The number of carbonyl (C=O) groups excluding carboxylic acids is 1. The summed E-state index contributed by atoms with van der Waals surface area (Å²) in [6.45, 7) is 1.88. The number of anilines is 1. The molecule has 1 aliphatic heterocycles. The van der Waals surface area contributed by atoms with E-state index in [9.17, 15) is 4.79 Å². The topological polar surface area (TPSA) is 87.6 Å². The minimum Gasteiger partial charge on any atom is -0.359 e. The third kappa shape index (κ3) is 2.59. The van der Waals surface area contributed by atoms with E-state index in [-0.39, 0.29) is 11.9 Å². The molecule has 23 heavy (non-hydrogen) atoms. The zero-order chi connectivity index (χ0) is 15.6.